The van der Waals surface area contributed by atoms with Gasteiger partial charge in [-0.05, 0) is 0 Å². The molecule has 0 spiro atoms. The molecule has 0 aliphatic rings. The van der Waals surface area contributed by atoms with Crippen LogP contribution in [0.25, 0.3) is 0 Å². The maximum absolute atomic E-state index is 10.8. The Balaban J connectivity index is 3.67. The fourth-order valence-electron chi connectivity index (χ4n) is 0.629. The minimum Gasteiger partial charge on any atom is -0.425 e. The van der Waals surface area contributed by atoms with Gasteiger partial charge in [0.2, 0.25) is 6.29 Å². The van der Waals surface area contributed by atoms with Gasteiger partial charge in [0, 0.05) is 20.5 Å². The number of esters is 2. The first kappa shape index (κ1) is 11.9. The van der Waals surface area contributed by atoms with Crippen molar-refractivity contribution in [2.75, 3.05) is 13.7 Å². The SMILES string of the molecule is CCC(=O)OC(C)OC(=O)COC. The van der Waals surface area contributed by atoms with Crippen molar-refractivity contribution in [3.05, 3.63) is 0 Å². The first-order valence-electron chi connectivity index (χ1n) is 3.98. The Labute approximate surface area is 77.0 Å². The van der Waals surface area contributed by atoms with Crippen LogP contribution in [0.15, 0.2) is 0 Å². The Bertz CT molecular complexity index is 177. The Morgan fingerprint density at radius 3 is 2.23 bits per heavy atom. The van der Waals surface area contributed by atoms with Crippen molar-refractivity contribution in [1.29, 1.82) is 0 Å². The summed E-state index contributed by atoms with van der Waals surface area (Å²) in [5.74, 6) is -0.961. The van der Waals surface area contributed by atoms with Gasteiger partial charge in [0.25, 0.3) is 0 Å². The highest BCUT2D eigenvalue weighted by Crippen LogP contribution is 1.97. The molecular weight excluding hydrogens is 176 g/mol. The second-order valence-corrected chi connectivity index (χ2v) is 2.33. The molecule has 1 atom stereocenters. The van der Waals surface area contributed by atoms with Crippen LogP contribution in [0, 0.1) is 0 Å². The van der Waals surface area contributed by atoms with Crippen molar-refractivity contribution in [3.8, 4) is 0 Å². The predicted octanol–water partition coefficient (Wildman–Crippen LogP) is 0.475. The zero-order chi connectivity index (χ0) is 10.3. The van der Waals surface area contributed by atoms with Crippen LogP contribution in [0.2, 0.25) is 0 Å². The lowest BCUT2D eigenvalue weighted by Gasteiger charge is -2.12. The Morgan fingerprint density at radius 1 is 1.23 bits per heavy atom. The minimum atomic E-state index is -0.852. The van der Waals surface area contributed by atoms with Gasteiger partial charge < -0.3 is 14.2 Å². The van der Waals surface area contributed by atoms with E-state index in [9.17, 15) is 9.59 Å². The molecule has 1 unspecified atom stereocenters. The molecule has 5 heteroatoms. The average molecular weight is 190 g/mol. The molecule has 0 radical (unpaired) electrons. The first-order valence-corrected chi connectivity index (χ1v) is 3.98. The molecule has 0 bridgehead atoms. The minimum absolute atomic E-state index is 0.145. The topological polar surface area (TPSA) is 61.8 Å². The fourth-order valence-corrected chi connectivity index (χ4v) is 0.629. The summed E-state index contributed by atoms with van der Waals surface area (Å²) in [4.78, 5) is 21.5. The predicted molar refractivity (Wildman–Crippen MR) is 43.8 cm³/mol. The third-order valence-electron chi connectivity index (χ3n) is 1.15. The summed E-state index contributed by atoms with van der Waals surface area (Å²) in [5.41, 5.74) is 0. The van der Waals surface area contributed by atoms with E-state index in [0.29, 0.717) is 0 Å². The molecule has 0 aromatic carbocycles. The van der Waals surface area contributed by atoms with Crippen molar-refractivity contribution in [1.82, 2.24) is 0 Å². The van der Waals surface area contributed by atoms with Crippen LogP contribution >= 0.6 is 0 Å². The van der Waals surface area contributed by atoms with Gasteiger partial charge in [-0.15, -0.1) is 0 Å². The van der Waals surface area contributed by atoms with E-state index in [0.717, 1.165) is 0 Å². The molecular formula is C8H14O5. The molecule has 0 N–H and O–H groups in total. The average Bonchev–Trinajstić information content (AvgIpc) is 2.04. The zero-order valence-electron chi connectivity index (χ0n) is 8.03. The van der Waals surface area contributed by atoms with Gasteiger partial charge in [-0.1, -0.05) is 6.92 Å². The van der Waals surface area contributed by atoms with Crippen molar-refractivity contribution in [2.24, 2.45) is 0 Å². The second kappa shape index (κ2) is 6.42. The molecule has 0 aliphatic carbocycles. The molecule has 0 aromatic rings. The molecule has 0 saturated carbocycles. The number of ether oxygens (including phenoxy) is 3. The number of rotatable bonds is 5. The third-order valence-corrected chi connectivity index (χ3v) is 1.15. The van der Waals surface area contributed by atoms with Crippen molar-refractivity contribution >= 4 is 11.9 Å². The van der Waals surface area contributed by atoms with Gasteiger partial charge in [-0.25, -0.2) is 4.79 Å². The smallest absolute Gasteiger partial charge is 0.335 e. The van der Waals surface area contributed by atoms with Crippen LogP contribution in [-0.2, 0) is 23.8 Å². The summed E-state index contributed by atoms with van der Waals surface area (Å²) in [6.07, 6.45) is -0.596. The van der Waals surface area contributed by atoms with Gasteiger partial charge in [0.15, 0.2) is 0 Å². The third kappa shape index (κ3) is 6.10. The van der Waals surface area contributed by atoms with E-state index in [2.05, 4.69) is 14.2 Å². The number of carbonyl (C=O) groups excluding carboxylic acids is 2. The molecule has 0 aromatic heterocycles. The van der Waals surface area contributed by atoms with E-state index in [1.165, 1.54) is 14.0 Å². The van der Waals surface area contributed by atoms with E-state index >= 15 is 0 Å². The summed E-state index contributed by atoms with van der Waals surface area (Å²) < 4.78 is 13.9. The molecule has 0 amide bonds. The highest BCUT2D eigenvalue weighted by molar-refractivity contribution is 5.71. The van der Waals surface area contributed by atoms with E-state index in [1.807, 2.05) is 0 Å². The number of hydrogen-bond acceptors (Lipinski definition) is 5. The van der Waals surface area contributed by atoms with Gasteiger partial charge in [-0.3, -0.25) is 4.79 Å². The largest absolute Gasteiger partial charge is 0.425 e. The van der Waals surface area contributed by atoms with E-state index in [4.69, 9.17) is 0 Å². The summed E-state index contributed by atoms with van der Waals surface area (Å²) in [7, 11) is 1.38. The molecule has 0 heterocycles. The number of methoxy groups -OCH3 is 1. The number of hydrogen-bond donors (Lipinski definition) is 0. The molecule has 13 heavy (non-hydrogen) atoms. The summed E-state index contributed by atoms with van der Waals surface area (Å²) in [5, 5.41) is 0. The standard InChI is InChI=1S/C8H14O5/c1-4-7(9)12-6(2)13-8(10)5-11-3/h6H,4-5H2,1-3H3. The fraction of sp³-hybridized carbons (Fsp3) is 0.750. The summed E-state index contributed by atoms with van der Waals surface area (Å²) >= 11 is 0. The van der Waals surface area contributed by atoms with Crippen molar-refractivity contribution in [2.45, 2.75) is 26.6 Å². The van der Waals surface area contributed by atoms with Gasteiger partial charge in [0.1, 0.15) is 6.61 Å². The van der Waals surface area contributed by atoms with Crippen LogP contribution < -0.4 is 0 Å². The second-order valence-electron chi connectivity index (χ2n) is 2.33. The number of carbonyl (C=O) groups is 2. The lowest BCUT2D eigenvalue weighted by atomic mass is 10.5. The Morgan fingerprint density at radius 2 is 1.77 bits per heavy atom. The van der Waals surface area contributed by atoms with Crippen LogP contribution in [0.4, 0.5) is 0 Å². The van der Waals surface area contributed by atoms with Crippen molar-refractivity contribution in [3.63, 3.8) is 0 Å². The maximum Gasteiger partial charge on any atom is 0.335 e. The van der Waals surface area contributed by atoms with Crippen LogP contribution in [0.1, 0.15) is 20.3 Å². The van der Waals surface area contributed by atoms with Crippen LogP contribution in [-0.4, -0.2) is 31.9 Å². The van der Waals surface area contributed by atoms with E-state index in [1.54, 1.807) is 6.92 Å². The van der Waals surface area contributed by atoms with E-state index in [-0.39, 0.29) is 13.0 Å². The summed E-state index contributed by atoms with van der Waals surface area (Å²) in [6, 6.07) is 0. The van der Waals surface area contributed by atoms with Crippen LogP contribution in [0.5, 0.6) is 0 Å². The molecule has 0 rings (SSSR count). The van der Waals surface area contributed by atoms with Crippen molar-refractivity contribution < 1.29 is 23.8 Å². The van der Waals surface area contributed by atoms with Crippen LogP contribution in [0.3, 0.4) is 0 Å². The molecule has 0 fully saturated rings. The molecule has 5 nitrogen and oxygen atoms in total. The molecule has 0 saturated heterocycles. The summed E-state index contributed by atoms with van der Waals surface area (Å²) in [6.45, 7) is 2.99. The molecule has 0 aliphatic heterocycles. The normalized spacial score (nSPS) is 11.9. The first-order chi connectivity index (χ1) is 6.10. The highest BCUT2D eigenvalue weighted by Gasteiger charge is 2.11. The highest BCUT2D eigenvalue weighted by atomic mass is 16.7. The Kier molecular flexibility index (Phi) is 5.88. The monoisotopic (exact) mass is 190 g/mol. The van der Waals surface area contributed by atoms with Gasteiger partial charge in [0.05, 0.1) is 0 Å². The lowest BCUT2D eigenvalue weighted by Crippen LogP contribution is -2.23. The van der Waals surface area contributed by atoms with Gasteiger partial charge >= 0.3 is 11.9 Å². The van der Waals surface area contributed by atoms with Gasteiger partial charge in [-0.2, -0.15) is 0 Å². The lowest BCUT2D eigenvalue weighted by molar-refractivity contribution is -0.186. The zero-order valence-corrected chi connectivity index (χ0v) is 8.03. The maximum atomic E-state index is 10.8. The van der Waals surface area contributed by atoms with E-state index < -0.39 is 18.2 Å². The quantitative estimate of drug-likeness (QED) is 0.466. The Hall–Kier alpha value is -1.10. The molecule has 76 valence electrons.